The molecule has 1 aliphatic heterocycles. The molecular weight excluding hydrogens is 252 g/mol. The topological polar surface area (TPSA) is 53.3 Å². The van der Waals surface area contributed by atoms with Crippen molar-refractivity contribution in [3.8, 4) is 0 Å². The van der Waals surface area contributed by atoms with Crippen LogP contribution >= 0.6 is 0 Å². The third kappa shape index (κ3) is 3.52. The average Bonchev–Trinajstić information content (AvgIpc) is 2.65. The molecule has 114 valence electrons. The Morgan fingerprint density at radius 2 is 2.00 bits per heavy atom. The normalized spacial score (nSPS) is 17.2. The number of aromatic nitrogens is 2. The van der Waals surface area contributed by atoms with Gasteiger partial charge in [-0.15, -0.1) is 0 Å². The Labute approximate surface area is 122 Å². The SMILES string of the molecule is Cc1nn(C)c(N2CCC(O)CC2)c1CNCC(C)C. The zero-order valence-electron chi connectivity index (χ0n) is 13.2. The maximum Gasteiger partial charge on any atom is 0.131 e. The van der Waals surface area contributed by atoms with Crippen molar-refractivity contribution < 1.29 is 5.11 Å². The highest BCUT2D eigenvalue weighted by Gasteiger charge is 2.23. The van der Waals surface area contributed by atoms with Gasteiger partial charge in [-0.25, -0.2) is 0 Å². The third-order valence-electron chi connectivity index (χ3n) is 3.93. The molecule has 0 bridgehead atoms. The lowest BCUT2D eigenvalue weighted by atomic mass is 10.1. The molecule has 2 N–H and O–H groups in total. The fourth-order valence-corrected chi connectivity index (χ4v) is 2.86. The third-order valence-corrected chi connectivity index (χ3v) is 3.93. The Morgan fingerprint density at radius 3 is 2.60 bits per heavy atom. The Hall–Kier alpha value is -1.07. The summed E-state index contributed by atoms with van der Waals surface area (Å²) >= 11 is 0. The van der Waals surface area contributed by atoms with Crippen LogP contribution in [-0.2, 0) is 13.6 Å². The van der Waals surface area contributed by atoms with Gasteiger partial charge in [0, 0.05) is 32.2 Å². The summed E-state index contributed by atoms with van der Waals surface area (Å²) in [4.78, 5) is 2.36. The number of rotatable bonds is 5. The molecule has 1 aliphatic rings. The highest BCUT2D eigenvalue weighted by atomic mass is 16.3. The molecule has 0 saturated carbocycles. The van der Waals surface area contributed by atoms with Gasteiger partial charge in [-0.05, 0) is 32.2 Å². The van der Waals surface area contributed by atoms with Crippen LogP contribution < -0.4 is 10.2 Å². The van der Waals surface area contributed by atoms with Crippen LogP contribution in [0.25, 0.3) is 0 Å². The first-order valence-corrected chi connectivity index (χ1v) is 7.65. The number of hydrogen-bond donors (Lipinski definition) is 2. The van der Waals surface area contributed by atoms with Gasteiger partial charge < -0.3 is 15.3 Å². The Balaban J connectivity index is 2.10. The summed E-state index contributed by atoms with van der Waals surface area (Å²) < 4.78 is 1.99. The van der Waals surface area contributed by atoms with Crippen molar-refractivity contribution >= 4 is 5.82 Å². The Bertz CT molecular complexity index is 433. The molecule has 1 aromatic rings. The summed E-state index contributed by atoms with van der Waals surface area (Å²) in [6, 6.07) is 0. The predicted octanol–water partition coefficient (Wildman–Crippen LogP) is 1.44. The van der Waals surface area contributed by atoms with E-state index < -0.39 is 0 Å². The largest absolute Gasteiger partial charge is 0.393 e. The molecule has 5 nitrogen and oxygen atoms in total. The first-order valence-electron chi connectivity index (χ1n) is 7.65. The lowest BCUT2D eigenvalue weighted by molar-refractivity contribution is 0.145. The molecule has 1 fully saturated rings. The van der Waals surface area contributed by atoms with Crippen molar-refractivity contribution in [2.75, 3.05) is 24.5 Å². The summed E-state index contributed by atoms with van der Waals surface area (Å²) in [5.74, 6) is 1.87. The maximum atomic E-state index is 9.66. The minimum absolute atomic E-state index is 0.136. The molecule has 2 heterocycles. The minimum atomic E-state index is -0.136. The molecule has 0 radical (unpaired) electrons. The van der Waals surface area contributed by atoms with Crippen LogP contribution in [-0.4, -0.2) is 40.6 Å². The molecule has 1 saturated heterocycles. The number of nitrogens with zero attached hydrogens (tertiary/aromatic N) is 3. The number of anilines is 1. The first-order chi connectivity index (χ1) is 9.49. The zero-order chi connectivity index (χ0) is 14.7. The number of piperidine rings is 1. The number of aliphatic hydroxyl groups is 1. The van der Waals surface area contributed by atoms with Gasteiger partial charge in [0.1, 0.15) is 5.82 Å². The van der Waals surface area contributed by atoms with E-state index in [0.717, 1.165) is 44.7 Å². The maximum absolute atomic E-state index is 9.66. The van der Waals surface area contributed by atoms with Crippen molar-refractivity contribution in [2.45, 2.75) is 46.3 Å². The zero-order valence-corrected chi connectivity index (χ0v) is 13.2. The molecule has 0 spiro atoms. The fraction of sp³-hybridized carbons (Fsp3) is 0.800. The van der Waals surface area contributed by atoms with Crippen molar-refractivity contribution in [1.82, 2.24) is 15.1 Å². The average molecular weight is 280 g/mol. The van der Waals surface area contributed by atoms with E-state index in [2.05, 4.69) is 36.1 Å². The molecule has 0 atom stereocenters. The van der Waals surface area contributed by atoms with Crippen LogP contribution in [0.2, 0.25) is 0 Å². The molecule has 0 aromatic carbocycles. The highest BCUT2D eigenvalue weighted by Crippen LogP contribution is 2.26. The standard InChI is InChI=1S/C15H28N4O/c1-11(2)9-16-10-14-12(3)17-18(4)15(14)19-7-5-13(20)6-8-19/h11,13,16,20H,5-10H2,1-4H3. The van der Waals surface area contributed by atoms with Crippen molar-refractivity contribution in [1.29, 1.82) is 0 Å². The molecule has 1 aromatic heterocycles. The second kappa shape index (κ2) is 6.59. The number of aryl methyl sites for hydroxylation is 2. The summed E-state index contributed by atoms with van der Waals surface area (Å²) in [5, 5.41) is 17.7. The van der Waals surface area contributed by atoms with Crippen molar-refractivity contribution in [2.24, 2.45) is 13.0 Å². The van der Waals surface area contributed by atoms with E-state index in [1.807, 2.05) is 11.7 Å². The Morgan fingerprint density at radius 1 is 1.35 bits per heavy atom. The molecule has 0 amide bonds. The van der Waals surface area contributed by atoms with Gasteiger partial charge in [-0.1, -0.05) is 13.8 Å². The molecule has 2 rings (SSSR count). The molecule has 0 aliphatic carbocycles. The molecule has 5 heteroatoms. The van der Waals surface area contributed by atoms with Gasteiger partial charge in [-0.3, -0.25) is 4.68 Å². The second-order valence-corrected chi connectivity index (χ2v) is 6.25. The van der Waals surface area contributed by atoms with Gasteiger partial charge in [0.2, 0.25) is 0 Å². The minimum Gasteiger partial charge on any atom is -0.393 e. The van der Waals surface area contributed by atoms with E-state index in [1.165, 1.54) is 11.4 Å². The van der Waals surface area contributed by atoms with E-state index in [0.29, 0.717) is 5.92 Å². The smallest absolute Gasteiger partial charge is 0.131 e. The highest BCUT2D eigenvalue weighted by molar-refractivity contribution is 5.50. The van der Waals surface area contributed by atoms with Gasteiger partial charge in [-0.2, -0.15) is 5.10 Å². The van der Waals surface area contributed by atoms with Gasteiger partial charge in [0.15, 0.2) is 0 Å². The molecular formula is C15H28N4O. The quantitative estimate of drug-likeness (QED) is 0.857. The number of aliphatic hydroxyl groups excluding tert-OH is 1. The first kappa shape index (κ1) is 15.3. The van der Waals surface area contributed by atoms with Crippen LogP contribution in [0.5, 0.6) is 0 Å². The van der Waals surface area contributed by atoms with Crippen molar-refractivity contribution in [3.63, 3.8) is 0 Å². The van der Waals surface area contributed by atoms with E-state index in [-0.39, 0.29) is 6.10 Å². The summed E-state index contributed by atoms with van der Waals surface area (Å²) in [6.07, 6.45) is 1.56. The van der Waals surface area contributed by atoms with Gasteiger partial charge in [0.25, 0.3) is 0 Å². The van der Waals surface area contributed by atoms with Crippen LogP contribution in [0.15, 0.2) is 0 Å². The summed E-state index contributed by atoms with van der Waals surface area (Å²) in [6.45, 7) is 10.2. The van der Waals surface area contributed by atoms with E-state index >= 15 is 0 Å². The van der Waals surface area contributed by atoms with E-state index in [1.54, 1.807) is 0 Å². The van der Waals surface area contributed by atoms with Gasteiger partial charge in [0.05, 0.1) is 11.8 Å². The fourth-order valence-electron chi connectivity index (χ4n) is 2.86. The van der Waals surface area contributed by atoms with Crippen LogP contribution in [0, 0.1) is 12.8 Å². The monoisotopic (exact) mass is 280 g/mol. The van der Waals surface area contributed by atoms with Crippen LogP contribution in [0.4, 0.5) is 5.82 Å². The molecule has 0 unspecified atom stereocenters. The number of hydrogen-bond acceptors (Lipinski definition) is 4. The summed E-state index contributed by atoms with van der Waals surface area (Å²) in [5.41, 5.74) is 2.40. The van der Waals surface area contributed by atoms with Crippen molar-refractivity contribution in [3.05, 3.63) is 11.3 Å². The van der Waals surface area contributed by atoms with Gasteiger partial charge >= 0.3 is 0 Å². The molecule has 20 heavy (non-hydrogen) atoms. The van der Waals surface area contributed by atoms with E-state index in [9.17, 15) is 5.11 Å². The number of nitrogens with one attached hydrogen (secondary N) is 1. The lowest BCUT2D eigenvalue weighted by Gasteiger charge is -2.32. The van der Waals surface area contributed by atoms with Crippen LogP contribution in [0.1, 0.15) is 37.9 Å². The lowest BCUT2D eigenvalue weighted by Crippen LogP contribution is -2.37. The Kier molecular flexibility index (Phi) is 5.05. The van der Waals surface area contributed by atoms with E-state index in [4.69, 9.17) is 0 Å². The summed E-state index contributed by atoms with van der Waals surface area (Å²) in [7, 11) is 2.01. The van der Waals surface area contributed by atoms with Crippen LogP contribution in [0.3, 0.4) is 0 Å². The predicted molar refractivity (Wildman–Crippen MR) is 81.9 cm³/mol. The second-order valence-electron chi connectivity index (χ2n) is 6.25.